The van der Waals surface area contributed by atoms with Gasteiger partial charge in [0, 0.05) is 12.2 Å². The number of carbonyl (C=O) groups is 2. The fraction of sp³-hybridized carbons (Fsp3) is 0.412. The van der Waals surface area contributed by atoms with Crippen molar-refractivity contribution in [3.05, 3.63) is 44.4 Å². The van der Waals surface area contributed by atoms with Crippen molar-refractivity contribution in [3.8, 4) is 0 Å². The predicted molar refractivity (Wildman–Crippen MR) is 90.5 cm³/mol. The number of aryl methyl sites for hydroxylation is 1. The first-order valence-corrected chi connectivity index (χ1v) is 8.78. The molecule has 2 aromatic heterocycles. The quantitative estimate of drug-likeness (QED) is 0.613. The minimum Gasteiger partial charge on any atom is -0.462 e. The minimum absolute atomic E-state index is 0.0384. The average molecular weight is 352 g/mol. The van der Waals surface area contributed by atoms with Gasteiger partial charge in [-0.25, -0.2) is 0 Å². The first-order valence-electron chi connectivity index (χ1n) is 7.59. The molecule has 0 amide bonds. The topological polar surface area (TPSA) is 48.3 Å². The monoisotopic (exact) mass is 351 g/mol. The molecule has 6 heteroatoms. The molecule has 1 unspecified atom stereocenters. The number of fused-ring (bicyclic) bond motifs is 1. The molecule has 2 aromatic rings. The maximum absolute atomic E-state index is 12.8. The largest absolute Gasteiger partial charge is 0.462 e. The first kappa shape index (κ1) is 16.3. The van der Waals surface area contributed by atoms with Crippen molar-refractivity contribution in [3.63, 3.8) is 0 Å². The van der Waals surface area contributed by atoms with Crippen LogP contribution in [0, 0.1) is 6.92 Å². The number of hydrogen-bond donors (Lipinski definition) is 0. The summed E-state index contributed by atoms with van der Waals surface area (Å²) in [5, 5.41) is 0. The van der Waals surface area contributed by atoms with Gasteiger partial charge in [-0.05, 0) is 51.0 Å². The number of ether oxygens (including phenoxy) is 1. The molecule has 0 bridgehead atoms. The van der Waals surface area contributed by atoms with E-state index in [0.29, 0.717) is 27.9 Å². The van der Waals surface area contributed by atoms with Gasteiger partial charge in [-0.3, -0.25) is 9.59 Å². The van der Waals surface area contributed by atoms with Gasteiger partial charge in [-0.2, -0.15) is 0 Å². The van der Waals surface area contributed by atoms with E-state index in [9.17, 15) is 9.59 Å². The summed E-state index contributed by atoms with van der Waals surface area (Å²) >= 11 is 7.21. The lowest BCUT2D eigenvalue weighted by Crippen LogP contribution is -2.18. The molecule has 0 radical (unpaired) electrons. The Morgan fingerprint density at radius 2 is 2.13 bits per heavy atom. The number of rotatable bonds is 4. The fourth-order valence-electron chi connectivity index (χ4n) is 3.05. The van der Waals surface area contributed by atoms with E-state index in [-0.39, 0.29) is 23.8 Å². The predicted octanol–water partition coefficient (Wildman–Crippen LogP) is 4.18. The van der Waals surface area contributed by atoms with Gasteiger partial charge in [0.1, 0.15) is 0 Å². The third kappa shape index (κ3) is 2.95. The molecule has 0 spiro atoms. The number of carbonyl (C=O) groups excluding carboxylic acids is 2. The van der Waals surface area contributed by atoms with Gasteiger partial charge in [-0.1, -0.05) is 11.6 Å². The van der Waals surface area contributed by atoms with Gasteiger partial charge >= 0.3 is 5.97 Å². The number of halogens is 1. The average Bonchev–Trinajstić information content (AvgIpc) is 3.12. The van der Waals surface area contributed by atoms with Crippen molar-refractivity contribution < 1.29 is 14.3 Å². The SMILES string of the molecule is Cc1cc2n(c1C(=O)c1ccc(Cl)s1)CCC2C(=O)OC(C)C. The summed E-state index contributed by atoms with van der Waals surface area (Å²) in [5.74, 6) is -0.539. The van der Waals surface area contributed by atoms with Crippen LogP contribution in [0.2, 0.25) is 4.34 Å². The highest BCUT2D eigenvalue weighted by molar-refractivity contribution is 7.18. The summed E-state index contributed by atoms with van der Waals surface area (Å²) in [6, 6.07) is 5.40. The van der Waals surface area contributed by atoms with Gasteiger partial charge in [0.2, 0.25) is 5.78 Å². The lowest BCUT2D eigenvalue weighted by Gasteiger charge is -2.12. The maximum Gasteiger partial charge on any atom is 0.315 e. The highest BCUT2D eigenvalue weighted by Crippen LogP contribution is 2.35. The fourth-order valence-corrected chi connectivity index (χ4v) is 4.04. The summed E-state index contributed by atoms with van der Waals surface area (Å²) < 4.78 is 7.89. The molecule has 122 valence electrons. The third-order valence-electron chi connectivity index (χ3n) is 3.97. The number of thiophene rings is 1. The van der Waals surface area contributed by atoms with Gasteiger partial charge in [0.25, 0.3) is 0 Å². The van der Waals surface area contributed by atoms with E-state index in [0.717, 1.165) is 11.3 Å². The van der Waals surface area contributed by atoms with Gasteiger partial charge in [0.15, 0.2) is 0 Å². The van der Waals surface area contributed by atoms with E-state index in [1.165, 1.54) is 11.3 Å². The van der Waals surface area contributed by atoms with E-state index in [1.807, 2.05) is 31.4 Å². The van der Waals surface area contributed by atoms with E-state index < -0.39 is 0 Å². The normalized spacial score (nSPS) is 16.7. The van der Waals surface area contributed by atoms with E-state index >= 15 is 0 Å². The van der Waals surface area contributed by atoms with Gasteiger partial charge in [-0.15, -0.1) is 11.3 Å². The smallest absolute Gasteiger partial charge is 0.315 e. The van der Waals surface area contributed by atoms with E-state index in [2.05, 4.69) is 0 Å². The Morgan fingerprint density at radius 3 is 2.74 bits per heavy atom. The maximum atomic E-state index is 12.8. The van der Waals surface area contributed by atoms with Crippen molar-refractivity contribution >= 4 is 34.7 Å². The van der Waals surface area contributed by atoms with Crippen molar-refractivity contribution in [2.45, 2.75) is 45.8 Å². The molecule has 0 aromatic carbocycles. The zero-order chi connectivity index (χ0) is 16.7. The third-order valence-corrected chi connectivity index (χ3v) is 5.20. The molecular weight excluding hydrogens is 334 g/mol. The Balaban J connectivity index is 1.94. The number of esters is 1. The molecule has 23 heavy (non-hydrogen) atoms. The van der Waals surface area contributed by atoms with Crippen LogP contribution >= 0.6 is 22.9 Å². The Labute approximate surface area is 144 Å². The number of nitrogens with zero attached hydrogens (tertiary/aromatic N) is 1. The number of ketones is 1. The van der Waals surface area contributed by atoms with Crippen LogP contribution in [0.1, 0.15) is 52.8 Å². The van der Waals surface area contributed by atoms with Crippen LogP contribution in [0.4, 0.5) is 0 Å². The van der Waals surface area contributed by atoms with E-state index in [1.54, 1.807) is 12.1 Å². The van der Waals surface area contributed by atoms with Crippen molar-refractivity contribution in [2.24, 2.45) is 0 Å². The molecule has 3 rings (SSSR count). The van der Waals surface area contributed by atoms with Crippen LogP contribution in [-0.2, 0) is 16.1 Å². The lowest BCUT2D eigenvalue weighted by molar-refractivity contribution is -0.149. The molecule has 3 heterocycles. The van der Waals surface area contributed by atoms with Crippen molar-refractivity contribution in [1.29, 1.82) is 0 Å². The van der Waals surface area contributed by atoms with Gasteiger partial charge in [0.05, 0.1) is 26.9 Å². The summed E-state index contributed by atoms with van der Waals surface area (Å²) in [5.41, 5.74) is 2.41. The molecule has 1 atom stereocenters. The van der Waals surface area contributed by atoms with Crippen LogP contribution in [0.25, 0.3) is 0 Å². The molecule has 0 saturated carbocycles. The number of hydrogen-bond acceptors (Lipinski definition) is 4. The Morgan fingerprint density at radius 1 is 1.39 bits per heavy atom. The molecule has 0 aliphatic carbocycles. The van der Waals surface area contributed by atoms with Crippen molar-refractivity contribution in [2.75, 3.05) is 0 Å². The Kier molecular flexibility index (Phi) is 4.34. The Hall–Kier alpha value is -1.59. The van der Waals surface area contributed by atoms with Crippen LogP contribution in [0.15, 0.2) is 18.2 Å². The van der Waals surface area contributed by atoms with Crippen LogP contribution < -0.4 is 0 Å². The highest BCUT2D eigenvalue weighted by Gasteiger charge is 2.35. The zero-order valence-corrected chi connectivity index (χ0v) is 14.8. The summed E-state index contributed by atoms with van der Waals surface area (Å²) in [6.07, 6.45) is 0.536. The summed E-state index contributed by atoms with van der Waals surface area (Å²) in [4.78, 5) is 25.6. The van der Waals surface area contributed by atoms with Crippen LogP contribution in [0.3, 0.4) is 0 Å². The zero-order valence-electron chi connectivity index (χ0n) is 13.3. The molecule has 1 aliphatic heterocycles. The second kappa shape index (κ2) is 6.13. The first-order chi connectivity index (χ1) is 10.9. The molecule has 1 aliphatic rings. The minimum atomic E-state index is -0.287. The molecular formula is C17H18ClNO3S. The summed E-state index contributed by atoms with van der Waals surface area (Å²) in [6.45, 7) is 6.24. The lowest BCUT2D eigenvalue weighted by atomic mass is 10.0. The van der Waals surface area contributed by atoms with E-state index in [4.69, 9.17) is 16.3 Å². The number of aromatic nitrogens is 1. The molecule has 0 N–H and O–H groups in total. The standard InChI is InChI=1S/C17H18ClNO3S/c1-9(2)22-17(21)11-6-7-19-12(11)8-10(3)15(19)16(20)13-4-5-14(18)23-13/h4-5,8-9,11H,6-7H2,1-3H3. The second-order valence-electron chi connectivity index (χ2n) is 6.01. The highest BCUT2D eigenvalue weighted by atomic mass is 35.5. The van der Waals surface area contributed by atoms with Crippen molar-refractivity contribution in [1.82, 2.24) is 4.57 Å². The second-order valence-corrected chi connectivity index (χ2v) is 7.73. The Bertz CT molecular complexity index is 775. The van der Waals surface area contributed by atoms with Crippen LogP contribution in [0.5, 0.6) is 0 Å². The molecule has 0 saturated heterocycles. The van der Waals surface area contributed by atoms with Gasteiger partial charge < -0.3 is 9.30 Å². The summed E-state index contributed by atoms with van der Waals surface area (Å²) in [7, 11) is 0. The molecule has 4 nitrogen and oxygen atoms in total. The van der Waals surface area contributed by atoms with Crippen LogP contribution in [-0.4, -0.2) is 22.4 Å². The molecule has 0 fully saturated rings.